The Bertz CT molecular complexity index is 662. The molecular weight excluding hydrogens is 286 g/mol. The molecule has 0 aliphatic heterocycles. The van der Waals surface area contributed by atoms with Crippen LogP contribution in [0.1, 0.15) is 11.1 Å². The van der Waals surface area contributed by atoms with Crippen molar-refractivity contribution in [2.75, 3.05) is 0 Å². The summed E-state index contributed by atoms with van der Waals surface area (Å²) in [5.74, 6) is -1.63. The fourth-order valence-corrected chi connectivity index (χ4v) is 1.90. The Morgan fingerprint density at radius 3 is 2.65 bits per heavy atom. The number of ether oxygens (including phenoxy) is 1. The van der Waals surface area contributed by atoms with Gasteiger partial charge >= 0.3 is 0 Å². The fraction of sp³-hybridized carbons (Fsp3) is 0.0714. The molecule has 0 unspecified atom stereocenters. The highest BCUT2D eigenvalue weighted by atomic mass is 35.5. The first-order valence-electron chi connectivity index (χ1n) is 5.68. The first kappa shape index (κ1) is 14.3. The molecule has 0 aliphatic carbocycles. The predicted octanol–water partition coefficient (Wildman–Crippen LogP) is 3.48. The van der Waals surface area contributed by atoms with Crippen molar-refractivity contribution in [3.05, 3.63) is 64.2 Å². The maximum Gasteiger partial charge on any atom is 0.165 e. The molecule has 0 saturated heterocycles. The van der Waals surface area contributed by atoms with E-state index < -0.39 is 11.6 Å². The molecule has 0 amide bonds. The van der Waals surface area contributed by atoms with Crippen LogP contribution in [0.15, 0.2) is 36.4 Å². The van der Waals surface area contributed by atoms with Crippen molar-refractivity contribution in [1.29, 1.82) is 5.41 Å². The predicted molar refractivity (Wildman–Crippen MR) is 73.2 cm³/mol. The van der Waals surface area contributed by atoms with E-state index in [4.69, 9.17) is 27.5 Å². The van der Waals surface area contributed by atoms with Gasteiger partial charge in [0.05, 0.1) is 5.02 Å². The van der Waals surface area contributed by atoms with Crippen molar-refractivity contribution < 1.29 is 13.5 Å². The lowest BCUT2D eigenvalue weighted by Gasteiger charge is -2.09. The Morgan fingerprint density at radius 1 is 1.25 bits per heavy atom. The molecule has 104 valence electrons. The number of nitrogen functional groups attached to an aromatic ring is 1. The first-order valence-corrected chi connectivity index (χ1v) is 6.06. The molecule has 6 heteroatoms. The summed E-state index contributed by atoms with van der Waals surface area (Å²) in [5, 5.41) is 7.56. The highest BCUT2D eigenvalue weighted by molar-refractivity contribution is 6.34. The number of rotatable bonds is 4. The monoisotopic (exact) mass is 296 g/mol. The van der Waals surface area contributed by atoms with E-state index in [0.29, 0.717) is 11.3 Å². The summed E-state index contributed by atoms with van der Waals surface area (Å²) in [5.41, 5.74) is 5.83. The summed E-state index contributed by atoms with van der Waals surface area (Å²) >= 11 is 5.93. The molecule has 0 saturated carbocycles. The number of nitrogens with one attached hydrogen (secondary N) is 1. The smallest absolute Gasteiger partial charge is 0.165 e. The van der Waals surface area contributed by atoms with E-state index >= 15 is 0 Å². The number of amidine groups is 1. The van der Waals surface area contributed by atoms with E-state index in [1.807, 2.05) is 0 Å². The van der Waals surface area contributed by atoms with Crippen LogP contribution in [0.5, 0.6) is 5.75 Å². The van der Waals surface area contributed by atoms with E-state index in [0.717, 1.165) is 6.07 Å². The number of hydrogen-bond acceptors (Lipinski definition) is 2. The molecule has 0 bridgehead atoms. The molecule has 2 aromatic carbocycles. The van der Waals surface area contributed by atoms with Gasteiger partial charge in [-0.2, -0.15) is 0 Å². The van der Waals surface area contributed by atoms with Crippen LogP contribution in [0.25, 0.3) is 0 Å². The van der Waals surface area contributed by atoms with Crippen molar-refractivity contribution in [2.24, 2.45) is 5.73 Å². The van der Waals surface area contributed by atoms with Crippen molar-refractivity contribution in [3.63, 3.8) is 0 Å². The van der Waals surface area contributed by atoms with Crippen LogP contribution in [0.2, 0.25) is 5.02 Å². The SMILES string of the molecule is N=C(N)c1ccc(OCc2cccc(F)c2F)cc1Cl. The Kier molecular flexibility index (Phi) is 4.20. The normalized spacial score (nSPS) is 10.3. The lowest BCUT2D eigenvalue weighted by molar-refractivity contribution is 0.297. The molecule has 0 heterocycles. The van der Waals surface area contributed by atoms with Gasteiger partial charge in [-0.15, -0.1) is 0 Å². The lowest BCUT2D eigenvalue weighted by Crippen LogP contribution is -2.11. The number of halogens is 3. The summed E-state index contributed by atoms with van der Waals surface area (Å²) in [6, 6.07) is 8.43. The third-order valence-electron chi connectivity index (χ3n) is 2.66. The number of benzene rings is 2. The summed E-state index contributed by atoms with van der Waals surface area (Å²) in [6.45, 7) is -0.126. The summed E-state index contributed by atoms with van der Waals surface area (Å²) < 4.78 is 31.8. The van der Waals surface area contributed by atoms with Gasteiger partial charge in [0, 0.05) is 11.1 Å². The topological polar surface area (TPSA) is 59.1 Å². The molecule has 2 rings (SSSR count). The summed E-state index contributed by atoms with van der Waals surface area (Å²) in [6.07, 6.45) is 0. The molecule has 20 heavy (non-hydrogen) atoms. The maximum absolute atomic E-state index is 13.4. The van der Waals surface area contributed by atoms with Crippen molar-refractivity contribution in [1.82, 2.24) is 0 Å². The van der Waals surface area contributed by atoms with Crippen molar-refractivity contribution in [2.45, 2.75) is 6.61 Å². The Hall–Kier alpha value is -2.14. The minimum absolute atomic E-state index is 0.108. The van der Waals surface area contributed by atoms with E-state index in [1.165, 1.54) is 24.3 Å². The van der Waals surface area contributed by atoms with Gasteiger partial charge in [-0.05, 0) is 24.3 Å². The number of nitrogens with two attached hydrogens (primary N) is 1. The van der Waals surface area contributed by atoms with Crippen molar-refractivity contribution in [3.8, 4) is 5.75 Å². The van der Waals surface area contributed by atoms with Gasteiger partial charge in [0.25, 0.3) is 0 Å². The standard InChI is InChI=1S/C14H11ClF2N2O/c15-11-6-9(4-5-10(11)14(18)19)20-7-8-2-1-3-12(16)13(8)17/h1-6H,7H2,(H3,18,19). The zero-order valence-corrected chi connectivity index (χ0v) is 11.0. The second-order valence-electron chi connectivity index (χ2n) is 4.06. The van der Waals surface area contributed by atoms with E-state index in [9.17, 15) is 8.78 Å². The van der Waals surface area contributed by atoms with Gasteiger partial charge in [0.2, 0.25) is 0 Å². The fourth-order valence-electron chi connectivity index (χ4n) is 1.63. The van der Waals surface area contributed by atoms with Crippen LogP contribution in [0.4, 0.5) is 8.78 Å². The van der Waals surface area contributed by atoms with Gasteiger partial charge in [-0.3, -0.25) is 5.41 Å². The second-order valence-corrected chi connectivity index (χ2v) is 4.46. The Labute approximate surface area is 119 Å². The molecule has 2 aromatic rings. The quantitative estimate of drug-likeness (QED) is 0.670. The minimum Gasteiger partial charge on any atom is -0.489 e. The molecule has 0 aliphatic rings. The largest absolute Gasteiger partial charge is 0.489 e. The van der Waals surface area contributed by atoms with E-state index in [1.54, 1.807) is 6.07 Å². The highest BCUT2D eigenvalue weighted by Gasteiger charge is 2.09. The molecule has 0 spiro atoms. The van der Waals surface area contributed by atoms with Crippen LogP contribution in [-0.2, 0) is 6.61 Å². The lowest BCUT2D eigenvalue weighted by atomic mass is 10.2. The molecule has 0 aromatic heterocycles. The van der Waals surface area contributed by atoms with Crippen molar-refractivity contribution >= 4 is 17.4 Å². The van der Waals surface area contributed by atoms with Crippen LogP contribution in [0.3, 0.4) is 0 Å². The highest BCUT2D eigenvalue weighted by Crippen LogP contribution is 2.23. The van der Waals surface area contributed by atoms with Crippen LogP contribution in [0, 0.1) is 17.0 Å². The maximum atomic E-state index is 13.4. The molecule has 3 nitrogen and oxygen atoms in total. The minimum atomic E-state index is -0.932. The van der Waals surface area contributed by atoms with E-state index in [-0.39, 0.29) is 23.0 Å². The van der Waals surface area contributed by atoms with Gasteiger partial charge in [-0.1, -0.05) is 23.7 Å². The van der Waals surface area contributed by atoms with Gasteiger partial charge in [0.15, 0.2) is 11.6 Å². The molecule has 3 N–H and O–H groups in total. The second kappa shape index (κ2) is 5.88. The molecule has 0 atom stereocenters. The Morgan fingerprint density at radius 2 is 2.00 bits per heavy atom. The van der Waals surface area contributed by atoms with Crippen LogP contribution < -0.4 is 10.5 Å². The summed E-state index contributed by atoms with van der Waals surface area (Å²) in [7, 11) is 0. The van der Waals surface area contributed by atoms with E-state index in [2.05, 4.69) is 0 Å². The van der Waals surface area contributed by atoms with Crippen LogP contribution in [-0.4, -0.2) is 5.84 Å². The Balaban J connectivity index is 2.13. The zero-order chi connectivity index (χ0) is 14.7. The summed E-state index contributed by atoms with van der Waals surface area (Å²) in [4.78, 5) is 0. The number of hydrogen-bond donors (Lipinski definition) is 2. The third-order valence-corrected chi connectivity index (χ3v) is 2.97. The molecular formula is C14H11ClF2N2O. The van der Waals surface area contributed by atoms with Gasteiger partial charge in [0.1, 0.15) is 18.2 Å². The first-order chi connectivity index (χ1) is 9.49. The molecule has 0 fully saturated rings. The average Bonchev–Trinajstić information content (AvgIpc) is 2.40. The van der Waals surface area contributed by atoms with Crippen LogP contribution >= 0.6 is 11.6 Å². The van der Waals surface area contributed by atoms with Gasteiger partial charge < -0.3 is 10.5 Å². The third kappa shape index (κ3) is 3.05. The average molecular weight is 297 g/mol. The van der Waals surface area contributed by atoms with Gasteiger partial charge in [-0.25, -0.2) is 8.78 Å². The zero-order valence-electron chi connectivity index (χ0n) is 10.3. The molecule has 0 radical (unpaired) electrons.